The predicted molar refractivity (Wildman–Crippen MR) is 74.1 cm³/mol. The molecule has 0 radical (unpaired) electrons. The average molecular weight is 251 g/mol. The summed E-state index contributed by atoms with van der Waals surface area (Å²) in [4.78, 5) is 10.9. The number of hydrogen-bond donors (Lipinski definition) is 1. The number of nitrogens with zero attached hydrogens (tertiary/aromatic N) is 1. The molecule has 0 rings (SSSR count). The zero-order chi connectivity index (χ0) is 12.1. The maximum absolute atomic E-state index is 10.9. The summed E-state index contributed by atoms with van der Waals surface area (Å²) >= 11 is 0. The van der Waals surface area contributed by atoms with Crippen LogP contribution in [0.1, 0.15) is 71.1 Å². The van der Waals surface area contributed by atoms with Crippen molar-refractivity contribution in [2.75, 3.05) is 0 Å². The van der Waals surface area contributed by atoms with Gasteiger partial charge in [0, 0.05) is 6.42 Å². The molecule has 0 fully saturated rings. The van der Waals surface area contributed by atoms with Gasteiger partial charge in [-0.15, -0.1) is 0 Å². The number of carbonyl (C=O) groups excluding carboxylic acids is 1. The summed E-state index contributed by atoms with van der Waals surface area (Å²) in [5, 5.41) is 10.3. The molecule has 1 N–H and O–H groups in total. The van der Waals surface area contributed by atoms with Gasteiger partial charge < -0.3 is 0 Å². The van der Waals surface area contributed by atoms with Crippen molar-refractivity contribution in [3.63, 3.8) is 0 Å². The molecule has 0 atom stereocenters. The van der Waals surface area contributed by atoms with Crippen molar-refractivity contribution in [2.45, 2.75) is 71.1 Å². The third-order valence-electron chi connectivity index (χ3n) is 2.70. The minimum Gasteiger partial charge on any atom is -0.274 e. The van der Waals surface area contributed by atoms with Gasteiger partial charge in [0.2, 0.25) is 5.91 Å². The molecule has 0 aromatic carbocycles. The highest BCUT2D eigenvalue weighted by molar-refractivity contribution is 5.77. The Morgan fingerprint density at radius 3 is 1.94 bits per heavy atom. The van der Waals surface area contributed by atoms with Gasteiger partial charge in [-0.1, -0.05) is 58.3 Å². The molecule has 0 bridgehead atoms. The second kappa shape index (κ2) is 15.7. The average Bonchev–Trinajstić information content (AvgIpc) is 2.27. The number of rotatable bonds is 10. The van der Waals surface area contributed by atoms with Crippen molar-refractivity contribution in [3.8, 4) is 6.19 Å². The molecule has 0 unspecified atom stereocenters. The van der Waals surface area contributed by atoms with E-state index in [-0.39, 0.29) is 29.0 Å². The van der Waals surface area contributed by atoms with Crippen LogP contribution in [-0.2, 0) is 4.79 Å². The third-order valence-corrected chi connectivity index (χ3v) is 2.70. The maximum atomic E-state index is 10.9. The fourth-order valence-electron chi connectivity index (χ4n) is 1.72. The van der Waals surface area contributed by atoms with Crippen LogP contribution in [0.2, 0.25) is 0 Å². The maximum Gasteiger partial charge on any atom is 0.316 e. The molecule has 1 amide bonds. The number of nitriles is 1. The largest absolute Gasteiger partial charge is 0.316 e. The summed E-state index contributed by atoms with van der Waals surface area (Å²) in [6.45, 7) is 2.23. The lowest BCUT2D eigenvalue weighted by Crippen LogP contribution is -2.16. The normalized spacial score (nSPS) is 9.18. The van der Waals surface area contributed by atoms with Gasteiger partial charge in [0.15, 0.2) is 6.19 Å². The summed E-state index contributed by atoms with van der Waals surface area (Å²) in [6, 6.07) is 0. The first-order valence-electron chi connectivity index (χ1n) is 6.49. The fourth-order valence-corrected chi connectivity index (χ4v) is 1.72. The van der Waals surface area contributed by atoms with E-state index in [0.29, 0.717) is 6.42 Å². The standard InChI is InChI=1S/C13H24N2O.Mg.2H/c1-2-3-4-5-6-7-8-9-10-11-13(16)15-12-14;;;/h2-11H2,1H3,(H,15,16);;;. The number of unbranched alkanes of at least 4 members (excludes halogenated alkanes) is 8. The van der Waals surface area contributed by atoms with Gasteiger partial charge in [0.05, 0.1) is 0 Å². The van der Waals surface area contributed by atoms with Gasteiger partial charge in [0.25, 0.3) is 0 Å². The van der Waals surface area contributed by atoms with Crippen molar-refractivity contribution in [1.82, 2.24) is 5.32 Å². The lowest BCUT2D eigenvalue weighted by atomic mass is 10.1. The molecule has 0 aliphatic heterocycles. The molecule has 17 heavy (non-hydrogen) atoms. The lowest BCUT2D eigenvalue weighted by molar-refractivity contribution is -0.120. The van der Waals surface area contributed by atoms with Gasteiger partial charge in [-0.25, -0.2) is 0 Å². The SMILES string of the molecule is CCCCCCCCCCCC(=O)NC#N.[MgH2]. The molecule has 4 heteroatoms. The predicted octanol–water partition coefficient (Wildman–Crippen LogP) is 2.59. The molecule has 0 aromatic rings. The first kappa shape index (κ1) is 19.1. The molecule has 0 saturated heterocycles. The van der Waals surface area contributed by atoms with E-state index in [2.05, 4.69) is 12.2 Å². The number of carbonyl (C=O) groups is 1. The molecular weight excluding hydrogens is 224 g/mol. The summed E-state index contributed by atoms with van der Waals surface area (Å²) in [6.07, 6.45) is 13.3. The van der Waals surface area contributed by atoms with E-state index in [0.717, 1.165) is 12.8 Å². The Kier molecular flexibility index (Phi) is 17.6. The Balaban J connectivity index is 0. The Hall–Kier alpha value is -0.274. The molecular formula is C13H26MgN2O. The Bertz CT molecular complexity index is 214. The molecule has 0 aliphatic rings. The molecule has 0 aromatic heterocycles. The topological polar surface area (TPSA) is 52.9 Å². The summed E-state index contributed by atoms with van der Waals surface area (Å²) < 4.78 is 0. The number of hydrogen-bond acceptors (Lipinski definition) is 2. The molecule has 0 aliphatic carbocycles. The number of amides is 1. The second-order valence-electron chi connectivity index (χ2n) is 4.24. The van der Waals surface area contributed by atoms with Crippen molar-refractivity contribution in [2.24, 2.45) is 0 Å². The molecule has 0 saturated carbocycles. The Morgan fingerprint density at radius 1 is 1.00 bits per heavy atom. The quantitative estimate of drug-likeness (QED) is 0.280. The van der Waals surface area contributed by atoms with Gasteiger partial charge in [-0.05, 0) is 6.42 Å². The van der Waals surface area contributed by atoms with Crippen molar-refractivity contribution < 1.29 is 4.79 Å². The minimum absolute atomic E-state index is 0. The van der Waals surface area contributed by atoms with Crippen LogP contribution in [0, 0.1) is 11.5 Å². The van der Waals surface area contributed by atoms with Crippen LogP contribution in [0.25, 0.3) is 0 Å². The highest BCUT2D eigenvalue weighted by Crippen LogP contribution is 2.10. The van der Waals surface area contributed by atoms with Crippen molar-refractivity contribution in [1.29, 1.82) is 5.26 Å². The van der Waals surface area contributed by atoms with Crippen LogP contribution in [0.15, 0.2) is 0 Å². The van der Waals surface area contributed by atoms with Crippen LogP contribution < -0.4 is 5.32 Å². The molecule has 0 heterocycles. The van der Waals surface area contributed by atoms with E-state index in [1.54, 1.807) is 6.19 Å². The van der Waals surface area contributed by atoms with Crippen LogP contribution >= 0.6 is 0 Å². The van der Waals surface area contributed by atoms with E-state index in [1.165, 1.54) is 44.9 Å². The fraction of sp³-hybridized carbons (Fsp3) is 0.846. The zero-order valence-electron chi connectivity index (χ0n) is 10.4. The van der Waals surface area contributed by atoms with Crippen molar-refractivity contribution >= 4 is 29.0 Å². The second-order valence-corrected chi connectivity index (χ2v) is 4.24. The van der Waals surface area contributed by atoms with E-state index < -0.39 is 0 Å². The van der Waals surface area contributed by atoms with Crippen LogP contribution in [0.3, 0.4) is 0 Å². The number of nitrogens with one attached hydrogen (secondary N) is 1. The summed E-state index contributed by atoms with van der Waals surface area (Å²) in [7, 11) is 0. The lowest BCUT2D eigenvalue weighted by Gasteiger charge is -2.01. The van der Waals surface area contributed by atoms with Gasteiger partial charge >= 0.3 is 23.1 Å². The first-order valence-corrected chi connectivity index (χ1v) is 6.49. The molecule has 3 nitrogen and oxygen atoms in total. The third kappa shape index (κ3) is 15.7. The van der Waals surface area contributed by atoms with Crippen molar-refractivity contribution in [3.05, 3.63) is 0 Å². The van der Waals surface area contributed by atoms with Crippen LogP contribution in [0.5, 0.6) is 0 Å². The highest BCUT2D eigenvalue weighted by Gasteiger charge is 1.98. The van der Waals surface area contributed by atoms with Gasteiger partial charge in [0.1, 0.15) is 0 Å². The Morgan fingerprint density at radius 2 is 1.47 bits per heavy atom. The summed E-state index contributed by atoms with van der Waals surface area (Å²) in [5.74, 6) is -0.148. The van der Waals surface area contributed by atoms with Crippen LogP contribution in [-0.4, -0.2) is 29.0 Å². The van der Waals surface area contributed by atoms with E-state index in [4.69, 9.17) is 5.26 Å². The van der Waals surface area contributed by atoms with E-state index >= 15 is 0 Å². The molecule has 96 valence electrons. The first-order chi connectivity index (χ1) is 7.81. The minimum atomic E-state index is -0.148. The van der Waals surface area contributed by atoms with Gasteiger partial charge in [-0.2, -0.15) is 5.26 Å². The zero-order valence-corrected chi connectivity index (χ0v) is 10.4. The van der Waals surface area contributed by atoms with E-state index in [9.17, 15) is 4.79 Å². The van der Waals surface area contributed by atoms with Crippen LogP contribution in [0.4, 0.5) is 0 Å². The highest BCUT2D eigenvalue weighted by atomic mass is 24.3. The van der Waals surface area contributed by atoms with E-state index in [1.807, 2.05) is 0 Å². The van der Waals surface area contributed by atoms with Gasteiger partial charge in [-0.3, -0.25) is 10.1 Å². The monoisotopic (exact) mass is 250 g/mol. The Labute approximate surface area is 121 Å². The molecule has 0 spiro atoms. The smallest absolute Gasteiger partial charge is 0.274 e. The summed E-state index contributed by atoms with van der Waals surface area (Å²) in [5.41, 5.74) is 0.